The average molecular weight is 845 g/mol. The van der Waals surface area contributed by atoms with Crippen LogP contribution < -0.4 is 0 Å². The molecule has 5 rings (SSSR count). The summed E-state index contributed by atoms with van der Waals surface area (Å²) in [5.41, 5.74) is 6.11. The van der Waals surface area contributed by atoms with Crippen LogP contribution in [0, 0.1) is 27.7 Å². The monoisotopic (exact) mass is 844 g/mol. The van der Waals surface area contributed by atoms with E-state index in [2.05, 4.69) is 180 Å². The van der Waals surface area contributed by atoms with E-state index in [1.807, 2.05) is 91.2 Å². The van der Waals surface area contributed by atoms with Crippen LogP contribution in [0.3, 0.4) is 0 Å². The Morgan fingerprint density at radius 2 is 0.571 bits per heavy atom. The Morgan fingerprint density at radius 1 is 0.339 bits per heavy atom. The van der Waals surface area contributed by atoms with Crippen LogP contribution in [-0.4, -0.2) is 31.4 Å². The maximum Gasteiger partial charge on any atom is 0.219 e. The third kappa shape index (κ3) is 27.2. The Hall–Kier alpha value is -2.48. The number of hydrogen-bond acceptors (Lipinski definition) is 6. The van der Waals surface area contributed by atoms with Crippen LogP contribution in [-0.2, 0) is 0 Å². The lowest BCUT2D eigenvalue weighted by molar-refractivity contribution is 0.108. The molecule has 0 bridgehead atoms. The molecule has 0 fully saturated rings. The molecule has 0 aliphatic rings. The number of thioether (sulfide) groups is 5. The van der Waals surface area contributed by atoms with E-state index < -0.39 is 0 Å². The summed E-state index contributed by atoms with van der Waals surface area (Å²) >= 11 is 9.00. The maximum absolute atomic E-state index is 11.4. The molecule has 304 valence electrons. The van der Waals surface area contributed by atoms with Crippen molar-refractivity contribution in [3.8, 4) is 0 Å². The second-order valence-electron chi connectivity index (χ2n) is 14.7. The molecule has 0 heterocycles. The van der Waals surface area contributed by atoms with Crippen LogP contribution in [0.15, 0.2) is 147 Å². The minimum Gasteiger partial charge on any atom is -0.282 e. The topological polar surface area (TPSA) is 17.1 Å². The molecule has 56 heavy (non-hydrogen) atoms. The molecule has 0 aliphatic heterocycles. The van der Waals surface area contributed by atoms with E-state index in [9.17, 15) is 4.79 Å². The van der Waals surface area contributed by atoms with Crippen LogP contribution >= 0.6 is 58.8 Å². The predicted octanol–water partition coefficient (Wildman–Crippen LogP) is 17.0. The van der Waals surface area contributed by atoms with Crippen molar-refractivity contribution in [2.45, 2.75) is 143 Å². The number of aryl methyl sites for hydroxylation is 4. The van der Waals surface area contributed by atoms with E-state index in [1.54, 1.807) is 0 Å². The lowest BCUT2D eigenvalue weighted by Gasteiger charge is -2.03. The van der Waals surface area contributed by atoms with Gasteiger partial charge in [0.2, 0.25) is 5.12 Å². The van der Waals surface area contributed by atoms with Gasteiger partial charge >= 0.3 is 0 Å². The standard InChI is InChI=1S/C10H12OS.4C10H14S/c1-8(2)12-10(11)9-6-4-3-5-7-9;4*1-8(2)11-10-6-4-9(3)5-7-10/h3-8H,1-2H3;4*4-8H,1-3H3. The van der Waals surface area contributed by atoms with Crippen LogP contribution in [0.4, 0.5) is 0 Å². The fourth-order valence-electron chi connectivity index (χ4n) is 4.41. The van der Waals surface area contributed by atoms with Gasteiger partial charge in [-0.2, -0.15) is 0 Å². The highest BCUT2D eigenvalue weighted by molar-refractivity contribution is 8.14. The first kappa shape index (κ1) is 51.5. The van der Waals surface area contributed by atoms with Gasteiger partial charge in [0.15, 0.2) is 0 Å². The van der Waals surface area contributed by atoms with Crippen LogP contribution in [0.25, 0.3) is 0 Å². The first-order valence-corrected chi connectivity index (χ1v) is 24.0. The van der Waals surface area contributed by atoms with Gasteiger partial charge in [0, 0.05) is 51.4 Å². The molecular weight excluding hydrogens is 777 g/mol. The van der Waals surface area contributed by atoms with Gasteiger partial charge in [-0.1, -0.05) is 182 Å². The van der Waals surface area contributed by atoms with E-state index in [0.29, 0.717) is 26.2 Å². The molecule has 5 aromatic rings. The van der Waals surface area contributed by atoms with Crippen molar-refractivity contribution < 1.29 is 4.79 Å². The first-order valence-electron chi connectivity index (χ1n) is 19.6. The maximum atomic E-state index is 11.4. The third-order valence-corrected chi connectivity index (χ3v) is 11.9. The first-order chi connectivity index (χ1) is 26.4. The van der Waals surface area contributed by atoms with E-state index in [0.717, 1.165) is 5.56 Å². The van der Waals surface area contributed by atoms with E-state index in [1.165, 1.54) is 53.6 Å². The van der Waals surface area contributed by atoms with Gasteiger partial charge in [-0.05, 0) is 76.2 Å². The second-order valence-corrected chi connectivity index (χ2v) is 22.9. The summed E-state index contributed by atoms with van der Waals surface area (Å²) in [6.07, 6.45) is 0. The molecule has 6 heteroatoms. The zero-order valence-corrected chi connectivity index (χ0v) is 40.5. The summed E-state index contributed by atoms with van der Waals surface area (Å²) < 4.78 is 0. The Kier molecular flexibility index (Phi) is 27.3. The molecule has 5 aromatic carbocycles. The molecular formula is C50H68OS5. The lowest BCUT2D eigenvalue weighted by atomic mass is 10.2. The van der Waals surface area contributed by atoms with Crippen molar-refractivity contribution in [1.82, 2.24) is 0 Å². The molecule has 0 unspecified atom stereocenters. The van der Waals surface area contributed by atoms with Crippen molar-refractivity contribution in [1.29, 1.82) is 0 Å². The van der Waals surface area contributed by atoms with Crippen molar-refractivity contribution in [3.63, 3.8) is 0 Å². The Morgan fingerprint density at radius 3 is 0.768 bits per heavy atom. The minimum absolute atomic E-state index is 0.158. The van der Waals surface area contributed by atoms with Crippen molar-refractivity contribution >= 4 is 63.9 Å². The largest absolute Gasteiger partial charge is 0.282 e. The average Bonchev–Trinajstić information content (AvgIpc) is 3.13. The summed E-state index contributed by atoms with van der Waals surface area (Å²) in [5.74, 6) is 0. The van der Waals surface area contributed by atoms with Crippen molar-refractivity contribution in [3.05, 3.63) is 155 Å². The highest BCUT2D eigenvalue weighted by Crippen LogP contribution is 2.25. The third-order valence-electron chi connectivity index (χ3n) is 6.92. The van der Waals surface area contributed by atoms with Gasteiger partial charge in [0.1, 0.15) is 0 Å². The molecule has 0 aromatic heterocycles. The Bertz CT molecular complexity index is 1500. The lowest BCUT2D eigenvalue weighted by Crippen LogP contribution is -1.98. The number of carbonyl (C=O) groups is 1. The van der Waals surface area contributed by atoms with Gasteiger partial charge in [-0.15, -0.1) is 47.0 Å². The minimum atomic E-state index is 0.158. The van der Waals surface area contributed by atoms with Gasteiger partial charge in [0.25, 0.3) is 0 Å². The second kappa shape index (κ2) is 29.7. The molecule has 1 nitrogen and oxygen atoms in total. The predicted molar refractivity (Wildman–Crippen MR) is 262 cm³/mol. The molecule has 0 aliphatic carbocycles. The molecule has 0 atom stereocenters. The summed E-state index contributed by atoms with van der Waals surface area (Å²) in [4.78, 5) is 16.9. The molecule has 0 spiro atoms. The normalized spacial score (nSPS) is 10.5. The number of hydrogen-bond donors (Lipinski definition) is 0. The van der Waals surface area contributed by atoms with E-state index >= 15 is 0 Å². The molecule has 0 saturated heterocycles. The zero-order valence-electron chi connectivity index (χ0n) is 36.5. The van der Waals surface area contributed by atoms with Crippen molar-refractivity contribution in [2.24, 2.45) is 0 Å². The molecule has 0 radical (unpaired) electrons. The summed E-state index contributed by atoms with van der Waals surface area (Å²) in [5, 5.41) is 3.23. The highest BCUT2D eigenvalue weighted by atomic mass is 32.2. The molecule has 0 amide bonds. The fourth-order valence-corrected chi connectivity index (χ4v) is 8.46. The van der Waals surface area contributed by atoms with E-state index in [-0.39, 0.29) is 5.12 Å². The Labute approximate surface area is 364 Å². The summed E-state index contributed by atoms with van der Waals surface area (Å²) in [7, 11) is 0. The SMILES string of the molecule is CC(C)SC(=O)c1ccccc1.Cc1ccc(SC(C)C)cc1.Cc1ccc(SC(C)C)cc1.Cc1ccc(SC(C)C)cc1.Cc1ccc(SC(C)C)cc1. The number of carbonyl (C=O) groups excluding carboxylic acids is 1. The zero-order chi connectivity index (χ0) is 42.0. The van der Waals surface area contributed by atoms with Gasteiger partial charge in [-0.3, -0.25) is 4.79 Å². The van der Waals surface area contributed by atoms with E-state index in [4.69, 9.17) is 0 Å². The van der Waals surface area contributed by atoms with Crippen LogP contribution in [0.2, 0.25) is 0 Å². The van der Waals surface area contributed by atoms with Gasteiger partial charge in [0.05, 0.1) is 0 Å². The molecule has 0 saturated carbocycles. The Balaban J connectivity index is 0.000000350. The molecule has 0 N–H and O–H groups in total. The highest BCUT2D eigenvalue weighted by Gasteiger charge is 2.07. The summed E-state index contributed by atoms with van der Waals surface area (Å²) in [6.45, 7) is 30.2. The smallest absolute Gasteiger partial charge is 0.219 e. The summed E-state index contributed by atoms with van der Waals surface area (Å²) in [6, 6.07) is 44.1. The quantitative estimate of drug-likeness (QED) is 0.129. The number of benzene rings is 5. The van der Waals surface area contributed by atoms with Crippen molar-refractivity contribution in [2.75, 3.05) is 0 Å². The fraction of sp³-hybridized carbons (Fsp3) is 0.380. The van der Waals surface area contributed by atoms with Gasteiger partial charge < -0.3 is 0 Å². The van der Waals surface area contributed by atoms with Crippen LogP contribution in [0.5, 0.6) is 0 Å². The number of rotatable bonds is 10. The van der Waals surface area contributed by atoms with Crippen LogP contribution in [0.1, 0.15) is 102 Å². The van der Waals surface area contributed by atoms with Gasteiger partial charge in [-0.25, -0.2) is 0 Å².